The first kappa shape index (κ1) is 17.2. The van der Waals surface area contributed by atoms with Crippen LogP contribution in [-0.4, -0.2) is 23.2 Å². The predicted octanol–water partition coefficient (Wildman–Crippen LogP) is 2.87. The first-order valence-corrected chi connectivity index (χ1v) is 7.11. The van der Waals surface area contributed by atoms with Crippen LogP contribution in [0.5, 0.6) is 0 Å². The quantitative estimate of drug-likeness (QED) is 0.820. The third kappa shape index (κ3) is 5.57. The second-order valence-corrected chi connectivity index (χ2v) is 5.56. The molecular weight excluding hydrogens is 269 g/mol. The summed E-state index contributed by atoms with van der Waals surface area (Å²) in [7, 11) is 0. The van der Waals surface area contributed by atoms with Crippen molar-refractivity contribution in [3.63, 3.8) is 0 Å². The van der Waals surface area contributed by atoms with E-state index in [0.717, 1.165) is 12.8 Å². The number of carbonyl (C=O) groups is 1. The van der Waals surface area contributed by atoms with Crippen molar-refractivity contribution in [2.75, 3.05) is 6.61 Å². The van der Waals surface area contributed by atoms with Crippen molar-refractivity contribution < 1.29 is 14.3 Å². The normalized spacial score (nSPS) is 10.7. The van der Waals surface area contributed by atoms with Crippen LogP contribution in [0.25, 0.3) is 0 Å². The molecule has 4 heteroatoms. The molecule has 114 valence electrons. The molecule has 0 bridgehead atoms. The van der Waals surface area contributed by atoms with Gasteiger partial charge in [0.15, 0.2) is 0 Å². The van der Waals surface area contributed by atoms with Gasteiger partial charge in [0, 0.05) is 17.5 Å². The Morgan fingerprint density at radius 3 is 2.76 bits per heavy atom. The van der Waals surface area contributed by atoms with Gasteiger partial charge < -0.3 is 10.4 Å². The molecule has 21 heavy (non-hydrogen) atoms. The van der Waals surface area contributed by atoms with Crippen LogP contribution in [0.15, 0.2) is 18.2 Å². The monoisotopic (exact) mass is 291 g/mol. The lowest BCUT2D eigenvalue weighted by Gasteiger charge is -2.25. The van der Waals surface area contributed by atoms with Gasteiger partial charge >= 0.3 is 0 Å². The van der Waals surface area contributed by atoms with Gasteiger partial charge in [0.05, 0.1) is 12.2 Å². The van der Waals surface area contributed by atoms with Gasteiger partial charge in [0.1, 0.15) is 5.82 Å². The number of aliphatic hydroxyl groups is 1. The Bertz CT molecular complexity index is 556. The molecule has 0 fully saturated rings. The van der Waals surface area contributed by atoms with Gasteiger partial charge in [-0.25, -0.2) is 4.39 Å². The Morgan fingerprint density at radius 1 is 1.43 bits per heavy atom. The fourth-order valence-corrected chi connectivity index (χ4v) is 2.06. The first-order valence-electron chi connectivity index (χ1n) is 7.11. The van der Waals surface area contributed by atoms with Gasteiger partial charge in [-0.15, -0.1) is 0 Å². The van der Waals surface area contributed by atoms with Gasteiger partial charge in [-0.1, -0.05) is 25.2 Å². The van der Waals surface area contributed by atoms with E-state index < -0.39 is 11.7 Å². The summed E-state index contributed by atoms with van der Waals surface area (Å²) in [6.07, 6.45) is 2.10. The van der Waals surface area contributed by atoms with Crippen LogP contribution >= 0.6 is 0 Å². The summed E-state index contributed by atoms with van der Waals surface area (Å²) < 4.78 is 13.8. The zero-order valence-corrected chi connectivity index (χ0v) is 12.8. The second-order valence-electron chi connectivity index (χ2n) is 5.56. The van der Waals surface area contributed by atoms with Crippen molar-refractivity contribution in [1.29, 1.82) is 0 Å². The number of carbonyl (C=O) groups excluding carboxylic acids is 1. The topological polar surface area (TPSA) is 49.3 Å². The van der Waals surface area contributed by atoms with Crippen LogP contribution in [0.2, 0.25) is 0 Å². The zero-order chi connectivity index (χ0) is 15.9. The number of amides is 1. The predicted molar refractivity (Wildman–Crippen MR) is 81.4 cm³/mol. The molecule has 0 heterocycles. The highest BCUT2D eigenvalue weighted by molar-refractivity contribution is 5.95. The maximum atomic E-state index is 13.8. The average molecular weight is 291 g/mol. The molecule has 1 rings (SSSR count). The average Bonchev–Trinajstić information content (AvgIpc) is 2.40. The van der Waals surface area contributed by atoms with E-state index in [0.29, 0.717) is 12.0 Å². The number of hydrogen-bond acceptors (Lipinski definition) is 2. The highest BCUT2D eigenvalue weighted by Gasteiger charge is 2.22. The molecule has 2 N–H and O–H groups in total. The van der Waals surface area contributed by atoms with Crippen LogP contribution in [-0.2, 0) is 0 Å². The molecule has 0 aromatic heterocycles. The largest absolute Gasteiger partial charge is 0.395 e. The van der Waals surface area contributed by atoms with E-state index in [9.17, 15) is 9.18 Å². The van der Waals surface area contributed by atoms with Crippen LogP contribution in [0.3, 0.4) is 0 Å². The summed E-state index contributed by atoms with van der Waals surface area (Å²) in [4.78, 5) is 12.2. The molecule has 1 amide bonds. The van der Waals surface area contributed by atoms with Crippen LogP contribution in [0.1, 0.15) is 56.0 Å². The van der Waals surface area contributed by atoms with E-state index in [1.807, 2.05) is 20.8 Å². The molecule has 0 saturated heterocycles. The molecule has 0 spiro atoms. The summed E-state index contributed by atoms with van der Waals surface area (Å²) in [5.74, 6) is 4.55. The molecule has 1 aromatic carbocycles. The maximum Gasteiger partial charge on any atom is 0.254 e. The van der Waals surface area contributed by atoms with Crippen molar-refractivity contribution in [2.45, 2.75) is 45.6 Å². The summed E-state index contributed by atoms with van der Waals surface area (Å²) >= 11 is 0. The van der Waals surface area contributed by atoms with Gasteiger partial charge in [0.2, 0.25) is 0 Å². The number of nitrogens with one attached hydrogen (secondary N) is 1. The minimum atomic E-state index is -0.562. The Labute approximate surface area is 125 Å². The Morgan fingerprint density at radius 2 is 2.14 bits per heavy atom. The number of rotatable bonds is 5. The van der Waals surface area contributed by atoms with Crippen molar-refractivity contribution in [3.8, 4) is 11.8 Å². The van der Waals surface area contributed by atoms with E-state index in [-0.39, 0.29) is 17.7 Å². The molecule has 0 radical (unpaired) electrons. The number of halogens is 1. The number of benzene rings is 1. The molecular formula is C17H22FNO2. The van der Waals surface area contributed by atoms with Gasteiger partial charge in [-0.2, -0.15) is 0 Å². The highest BCUT2D eigenvalue weighted by Crippen LogP contribution is 2.15. The van der Waals surface area contributed by atoms with Crippen molar-refractivity contribution >= 4 is 5.91 Å². The minimum Gasteiger partial charge on any atom is -0.395 e. The summed E-state index contributed by atoms with van der Waals surface area (Å²) in [6.45, 7) is 5.84. The first-order chi connectivity index (χ1) is 9.89. The van der Waals surface area contributed by atoms with E-state index >= 15 is 0 Å². The second kappa shape index (κ2) is 7.80. The van der Waals surface area contributed by atoms with Crippen LogP contribution < -0.4 is 5.32 Å². The number of hydrogen-bond donors (Lipinski definition) is 2. The maximum absolute atomic E-state index is 13.8. The van der Waals surface area contributed by atoms with Gasteiger partial charge in [-0.3, -0.25) is 4.79 Å². The van der Waals surface area contributed by atoms with Crippen LogP contribution in [0.4, 0.5) is 4.39 Å². The molecule has 0 aliphatic rings. The van der Waals surface area contributed by atoms with Gasteiger partial charge in [-0.05, 0) is 38.5 Å². The van der Waals surface area contributed by atoms with E-state index in [1.54, 1.807) is 0 Å². The fourth-order valence-electron chi connectivity index (χ4n) is 2.06. The smallest absolute Gasteiger partial charge is 0.254 e. The SMILES string of the molecule is CCCC(C)(C)NC(=O)c1cc(C#CCCO)ccc1F. The molecule has 3 nitrogen and oxygen atoms in total. The summed E-state index contributed by atoms with van der Waals surface area (Å²) in [6, 6.07) is 4.20. The lowest BCUT2D eigenvalue weighted by Crippen LogP contribution is -2.43. The third-order valence-corrected chi connectivity index (χ3v) is 3.01. The van der Waals surface area contributed by atoms with Crippen molar-refractivity contribution in [1.82, 2.24) is 5.32 Å². The lowest BCUT2D eigenvalue weighted by atomic mass is 9.98. The standard InChI is InChI=1S/C17H22FNO2/c1-4-10-17(2,3)19-16(21)14-12-13(7-5-6-11-20)8-9-15(14)18/h8-9,12,20H,4,6,10-11H2,1-3H3,(H,19,21). The Hall–Kier alpha value is -1.86. The highest BCUT2D eigenvalue weighted by atomic mass is 19.1. The van der Waals surface area contributed by atoms with Crippen LogP contribution in [0, 0.1) is 17.7 Å². The fraction of sp³-hybridized carbons (Fsp3) is 0.471. The summed E-state index contributed by atoms with van der Waals surface area (Å²) in [5, 5.41) is 11.5. The zero-order valence-electron chi connectivity index (χ0n) is 12.8. The van der Waals surface area contributed by atoms with Crippen molar-refractivity contribution in [2.24, 2.45) is 0 Å². The van der Waals surface area contributed by atoms with E-state index in [1.165, 1.54) is 18.2 Å². The Kier molecular flexibility index (Phi) is 6.39. The van der Waals surface area contributed by atoms with Crippen molar-refractivity contribution in [3.05, 3.63) is 35.1 Å². The van der Waals surface area contributed by atoms with E-state index in [4.69, 9.17) is 5.11 Å². The number of aliphatic hydroxyl groups excluding tert-OH is 1. The molecule has 0 atom stereocenters. The molecule has 0 unspecified atom stereocenters. The minimum absolute atomic E-state index is 0.00465. The molecule has 1 aromatic rings. The molecule has 0 saturated carbocycles. The molecule has 0 aliphatic heterocycles. The Balaban J connectivity index is 2.94. The third-order valence-electron chi connectivity index (χ3n) is 3.01. The summed E-state index contributed by atoms with van der Waals surface area (Å²) in [5.41, 5.74) is 0.176. The lowest BCUT2D eigenvalue weighted by molar-refractivity contribution is 0.0905. The van der Waals surface area contributed by atoms with Gasteiger partial charge in [0.25, 0.3) is 5.91 Å². The van der Waals surface area contributed by atoms with E-state index in [2.05, 4.69) is 17.2 Å². The molecule has 0 aliphatic carbocycles.